The lowest BCUT2D eigenvalue weighted by atomic mass is 10.1. The topological polar surface area (TPSA) is 88.2 Å². The van der Waals surface area contributed by atoms with Gasteiger partial charge in [0.25, 0.3) is 0 Å². The zero-order valence-electron chi connectivity index (χ0n) is 22.9. The number of rotatable bonds is 10. The molecule has 1 aromatic carbocycles. The molecule has 3 N–H and O–H groups in total. The number of aryl methyl sites for hydroxylation is 1. The van der Waals surface area contributed by atoms with Crippen LogP contribution in [0, 0.1) is 12.7 Å². The molecule has 2 atom stereocenters. The van der Waals surface area contributed by atoms with Crippen LogP contribution < -0.4 is 20.1 Å². The van der Waals surface area contributed by atoms with Crippen LogP contribution >= 0.6 is 11.8 Å². The average molecular weight is 550 g/mol. The van der Waals surface area contributed by atoms with E-state index in [-0.39, 0.29) is 17.0 Å². The van der Waals surface area contributed by atoms with Gasteiger partial charge in [-0.2, -0.15) is 0 Å². The second-order valence-corrected chi connectivity index (χ2v) is 11.8. The van der Waals surface area contributed by atoms with Gasteiger partial charge in [0, 0.05) is 30.1 Å². The molecule has 1 aromatic heterocycles. The van der Waals surface area contributed by atoms with Crippen molar-refractivity contribution in [2.75, 3.05) is 23.1 Å². The number of anilines is 2. The first kappa shape index (κ1) is 30.8. The van der Waals surface area contributed by atoms with E-state index >= 15 is 0 Å². The summed E-state index contributed by atoms with van der Waals surface area (Å²) in [6.45, 7) is 19.1. The number of ether oxygens (including phenoxy) is 1. The maximum Gasteiger partial charge on any atom is 0.223 e. The van der Waals surface area contributed by atoms with Crippen molar-refractivity contribution in [1.29, 1.82) is 0 Å². The maximum absolute atomic E-state index is 14.8. The molecule has 0 bridgehead atoms. The van der Waals surface area contributed by atoms with Gasteiger partial charge in [0.15, 0.2) is 5.82 Å². The molecule has 2 heterocycles. The van der Waals surface area contributed by atoms with Crippen LogP contribution in [0.4, 0.5) is 16.0 Å². The Bertz CT molecular complexity index is 1120. The quantitative estimate of drug-likeness (QED) is 0.287. The summed E-state index contributed by atoms with van der Waals surface area (Å²) < 4.78 is 35.7. The highest BCUT2D eigenvalue weighted by atomic mass is 32.2. The van der Waals surface area contributed by atoms with Crippen molar-refractivity contribution in [3.05, 3.63) is 58.7 Å². The van der Waals surface area contributed by atoms with E-state index in [4.69, 9.17) is 9.72 Å². The number of thioether (sulfide) groups is 1. The Balaban J connectivity index is 0.00000235. The SMILES string of the molecule is C=C(C)S/C(=C(\C)Oc1cc(F)c(NS(=O)C(C)C)cc1C)c1ccnc(NC2CCCNC2)n1.CC. The van der Waals surface area contributed by atoms with E-state index in [0.717, 1.165) is 35.7 Å². The number of benzene rings is 1. The normalized spacial score (nSPS) is 16.7. The number of hydrogen-bond donors (Lipinski definition) is 3. The molecule has 1 aliphatic heterocycles. The van der Waals surface area contributed by atoms with Crippen LogP contribution in [0.1, 0.15) is 65.6 Å². The molecule has 2 unspecified atom stereocenters. The predicted octanol–water partition coefficient (Wildman–Crippen LogP) is 6.63. The van der Waals surface area contributed by atoms with Gasteiger partial charge in [0.05, 0.1) is 16.3 Å². The molecule has 1 fully saturated rings. The zero-order chi connectivity index (χ0) is 27.5. The fourth-order valence-corrected chi connectivity index (χ4v) is 4.84. The van der Waals surface area contributed by atoms with E-state index in [1.807, 2.05) is 40.7 Å². The lowest BCUT2D eigenvalue weighted by Gasteiger charge is -2.24. The van der Waals surface area contributed by atoms with Gasteiger partial charge < -0.3 is 20.1 Å². The molecule has 1 saturated heterocycles. The van der Waals surface area contributed by atoms with E-state index in [1.54, 1.807) is 26.1 Å². The van der Waals surface area contributed by atoms with Crippen LogP contribution in [0.5, 0.6) is 5.75 Å². The second-order valence-electron chi connectivity index (χ2n) is 8.79. The third kappa shape index (κ3) is 9.43. The first-order chi connectivity index (χ1) is 17.6. The summed E-state index contributed by atoms with van der Waals surface area (Å²) in [5.74, 6) is 0.966. The van der Waals surface area contributed by atoms with Crippen LogP contribution in [-0.2, 0) is 11.0 Å². The van der Waals surface area contributed by atoms with Crippen LogP contribution in [-0.4, -0.2) is 38.6 Å². The first-order valence-electron chi connectivity index (χ1n) is 12.6. The van der Waals surface area contributed by atoms with Gasteiger partial charge in [0.1, 0.15) is 22.5 Å². The van der Waals surface area contributed by atoms with Crippen molar-refractivity contribution < 1.29 is 13.3 Å². The van der Waals surface area contributed by atoms with Crippen molar-refractivity contribution in [2.45, 2.75) is 72.6 Å². The number of halogens is 1. The number of hydrogen-bond acceptors (Lipinski definition) is 7. The van der Waals surface area contributed by atoms with Gasteiger partial charge >= 0.3 is 0 Å². The smallest absolute Gasteiger partial charge is 0.223 e. The summed E-state index contributed by atoms with van der Waals surface area (Å²) in [6, 6.07) is 5.02. The van der Waals surface area contributed by atoms with E-state index in [2.05, 4.69) is 26.9 Å². The monoisotopic (exact) mass is 549 g/mol. The van der Waals surface area contributed by atoms with E-state index in [1.165, 1.54) is 17.8 Å². The van der Waals surface area contributed by atoms with Gasteiger partial charge in [-0.25, -0.2) is 18.6 Å². The van der Waals surface area contributed by atoms with Crippen molar-refractivity contribution in [3.63, 3.8) is 0 Å². The van der Waals surface area contributed by atoms with Crippen molar-refractivity contribution >= 4 is 39.3 Å². The Kier molecular flexibility index (Phi) is 12.6. The molecule has 7 nitrogen and oxygen atoms in total. The Morgan fingerprint density at radius 3 is 2.68 bits per heavy atom. The summed E-state index contributed by atoms with van der Waals surface area (Å²) in [5, 5.41) is 6.64. The molecule has 1 aliphatic rings. The van der Waals surface area contributed by atoms with E-state index < -0.39 is 16.8 Å². The molecule has 0 radical (unpaired) electrons. The number of nitrogens with zero attached hydrogens (tertiary/aromatic N) is 2. The molecule has 37 heavy (non-hydrogen) atoms. The molecule has 0 spiro atoms. The van der Waals surface area contributed by atoms with Crippen molar-refractivity contribution in [1.82, 2.24) is 15.3 Å². The molecular formula is C27H40FN5O2S2. The Labute approximate surface area is 227 Å². The first-order valence-corrected chi connectivity index (χ1v) is 14.7. The highest BCUT2D eigenvalue weighted by Crippen LogP contribution is 2.36. The summed E-state index contributed by atoms with van der Waals surface area (Å²) in [6.07, 6.45) is 3.89. The molecule has 0 amide bonds. The Morgan fingerprint density at radius 2 is 2.05 bits per heavy atom. The summed E-state index contributed by atoms with van der Waals surface area (Å²) in [4.78, 5) is 10.7. The fraction of sp³-hybridized carbons (Fsp3) is 0.481. The molecule has 0 saturated carbocycles. The number of nitrogens with one attached hydrogen (secondary N) is 3. The standard InChI is InChI=1S/C25H34FN5O2S2.C2H6/c1-15(2)34-24(21-9-11-28-25(30-21)29-19-8-7-10-27-14-19)18(6)33-23-13-20(26)22(12-17(23)5)31-35(32)16(3)4;1-2/h9,11-13,16,19,27,31H,1,7-8,10,14H2,2-6H3,(H,28,29,30);1-2H3/b24-18+;. The van der Waals surface area contributed by atoms with Crippen molar-refractivity contribution in [3.8, 4) is 5.75 Å². The van der Waals surface area contributed by atoms with Gasteiger partial charge in [-0.05, 0) is 76.6 Å². The Morgan fingerprint density at radius 1 is 1.32 bits per heavy atom. The third-order valence-electron chi connectivity index (χ3n) is 5.28. The summed E-state index contributed by atoms with van der Waals surface area (Å²) in [5.41, 5.74) is 1.59. The lowest BCUT2D eigenvalue weighted by molar-refractivity contribution is 0.425. The molecule has 3 rings (SSSR count). The lowest BCUT2D eigenvalue weighted by Crippen LogP contribution is -2.38. The van der Waals surface area contributed by atoms with Crippen LogP contribution in [0.2, 0.25) is 0 Å². The van der Waals surface area contributed by atoms with Crippen LogP contribution in [0.3, 0.4) is 0 Å². The minimum atomic E-state index is -1.38. The molecular weight excluding hydrogens is 509 g/mol. The fourth-order valence-electron chi connectivity index (χ4n) is 3.48. The average Bonchev–Trinajstić information content (AvgIpc) is 2.87. The number of aromatic nitrogens is 2. The van der Waals surface area contributed by atoms with Gasteiger partial charge in [-0.3, -0.25) is 0 Å². The molecule has 204 valence electrons. The van der Waals surface area contributed by atoms with E-state index in [0.29, 0.717) is 28.7 Å². The highest BCUT2D eigenvalue weighted by molar-refractivity contribution is 8.11. The molecule has 2 aromatic rings. The van der Waals surface area contributed by atoms with E-state index in [9.17, 15) is 8.60 Å². The minimum Gasteiger partial charge on any atom is -0.460 e. The van der Waals surface area contributed by atoms with Crippen LogP contribution in [0.15, 0.2) is 41.6 Å². The zero-order valence-corrected chi connectivity index (χ0v) is 24.5. The second kappa shape index (κ2) is 15.1. The Hall–Kier alpha value is -2.43. The summed E-state index contributed by atoms with van der Waals surface area (Å²) >= 11 is 1.44. The number of allylic oxidation sites excluding steroid dienone is 2. The highest BCUT2D eigenvalue weighted by Gasteiger charge is 2.18. The van der Waals surface area contributed by atoms with Gasteiger partial charge in [-0.15, -0.1) is 0 Å². The minimum absolute atomic E-state index is 0.140. The third-order valence-corrected chi connectivity index (χ3v) is 7.61. The van der Waals surface area contributed by atoms with Gasteiger partial charge in [-0.1, -0.05) is 32.2 Å². The molecule has 10 heteroatoms. The molecule has 0 aliphatic carbocycles. The number of piperidine rings is 1. The predicted molar refractivity (Wildman–Crippen MR) is 157 cm³/mol. The van der Waals surface area contributed by atoms with Crippen molar-refractivity contribution in [2.24, 2.45) is 0 Å². The maximum atomic E-state index is 14.8. The summed E-state index contributed by atoms with van der Waals surface area (Å²) in [7, 11) is -1.38. The largest absolute Gasteiger partial charge is 0.460 e. The van der Waals surface area contributed by atoms with Crippen LogP contribution in [0.25, 0.3) is 4.91 Å². The van der Waals surface area contributed by atoms with Gasteiger partial charge in [0.2, 0.25) is 5.95 Å².